The maximum absolute atomic E-state index is 10.7. The van der Waals surface area contributed by atoms with Crippen molar-refractivity contribution in [1.82, 2.24) is 19.1 Å². The number of hydrogen-bond donors (Lipinski definition) is 2. The molecule has 6 heteroatoms. The Morgan fingerprint density at radius 2 is 1.70 bits per heavy atom. The minimum absolute atomic E-state index is 0.121. The number of aromatic nitrogens is 4. The molecule has 0 aliphatic carbocycles. The smallest absolute Gasteiger partial charge is 0.235 e. The first-order valence-corrected chi connectivity index (χ1v) is 8.82. The van der Waals surface area contributed by atoms with E-state index in [1.54, 1.807) is 23.3 Å². The van der Waals surface area contributed by atoms with Gasteiger partial charge in [-0.2, -0.15) is 0 Å². The van der Waals surface area contributed by atoms with Gasteiger partial charge in [0.1, 0.15) is 0 Å². The van der Waals surface area contributed by atoms with Crippen LogP contribution < -0.4 is 0 Å². The summed E-state index contributed by atoms with van der Waals surface area (Å²) in [7, 11) is 0. The third kappa shape index (κ3) is 3.29. The van der Waals surface area contributed by atoms with Crippen LogP contribution in [0, 0.1) is 0 Å². The van der Waals surface area contributed by atoms with Crippen LogP contribution in [0.2, 0.25) is 0 Å². The molecule has 4 aromatic rings. The van der Waals surface area contributed by atoms with E-state index in [-0.39, 0.29) is 11.6 Å². The van der Waals surface area contributed by atoms with Gasteiger partial charge in [0.25, 0.3) is 0 Å². The Labute approximate surface area is 157 Å². The van der Waals surface area contributed by atoms with Crippen molar-refractivity contribution in [3.63, 3.8) is 0 Å². The van der Waals surface area contributed by atoms with Gasteiger partial charge >= 0.3 is 0 Å². The Morgan fingerprint density at radius 1 is 0.889 bits per heavy atom. The molecule has 136 valence electrons. The summed E-state index contributed by atoms with van der Waals surface area (Å²) in [6.45, 7) is 1.30. The van der Waals surface area contributed by atoms with Gasteiger partial charge in [0.2, 0.25) is 5.88 Å². The molecule has 6 nitrogen and oxygen atoms in total. The van der Waals surface area contributed by atoms with Crippen LogP contribution in [0.3, 0.4) is 0 Å². The largest absolute Gasteiger partial charge is 0.503 e. The normalized spacial score (nSPS) is 11.0. The zero-order chi connectivity index (χ0) is 18.6. The van der Waals surface area contributed by atoms with E-state index in [0.29, 0.717) is 23.5 Å². The minimum atomic E-state index is -0.139. The molecule has 0 unspecified atom stereocenters. The Hall–Kier alpha value is -3.54. The highest BCUT2D eigenvalue weighted by atomic mass is 16.3. The summed E-state index contributed by atoms with van der Waals surface area (Å²) in [5.41, 5.74) is 2.84. The fourth-order valence-electron chi connectivity index (χ4n) is 3.29. The third-order valence-corrected chi connectivity index (χ3v) is 4.54. The van der Waals surface area contributed by atoms with E-state index in [1.165, 1.54) is 0 Å². The molecule has 0 saturated heterocycles. The summed E-state index contributed by atoms with van der Waals surface area (Å²) < 4.78 is 3.72. The molecule has 0 fully saturated rings. The third-order valence-electron chi connectivity index (χ3n) is 4.54. The van der Waals surface area contributed by atoms with Crippen molar-refractivity contribution in [2.45, 2.75) is 19.5 Å². The van der Waals surface area contributed by atoms with Crippen molar-refractivity contribution in [2.24, 2.45) is 0 Å². The molecule has 0 saturated carbocycles. The molecule has 0 bridgehead atoms. The van der Waals surface area contributed by atoms with E-state index in [2.05, 4.69) is 9.97 Å². The second-order valence-corrected chi connectivity index (χ2v) is 6.28. The van der Waals surface area contributed by atoms with Crippen molar-refractivity contribution in [2.75, 3.05) is 0 Å². The van der Waals surface area contributed by atoms with Crippen LogP contribution in [0.25, 0.3) is 22.5 Å². The lowest BCUT2D eigenvalue weighted by atomic mass is 10.0. The van der Waals surface area contributed by atoms with E-state index in [4.69, 9.17) is 0 Å². The fraction of sp³-hybridized carbons (Fsp3) is 0.143. The van der Waals surface area contributed by atoms with Crippen LogP contribution >= 0.6 is 0 Å². The van der Waals surface area contributed by atoms with Gasteiger partial charge in [0, 0.05) is 31.7 Å². The van der Waals surface area contributed by atoms with E-state index in [0.717, 1.165) is 18.5 Å². The Kier molecular flexibility index (Phi) is 4.61. The van der Waals surface area contributed by atoms with E-state index < -0.39 is 0 Å². The summed E-state index contributed by atoms with van der Waals surface area (Å²) in [6.07, 6.45) is 7.89. The molecule has 2 N–H and O–H groups in total. The van der Waals surface area contributed by atoms with Gasteiger partial charge in [-0.25, -0.2) is 4.98 Å². The van der Waals surface area contributed by atoms with Crippen molar-refractivity contribution in [3.05, 3.63) is 73.4 Å². The van der Waals surface area contributed by atoms with Crippen LogP contribution in [0.1, 0.15) is 6.42 Å². The first-order valence-electron chi connectivity index (χ1n) is 8.82. The van der Waals surface area contributed by atoms with Crippen molar-refractivity contribution < 1.29 is 10.2 Å². The highest BCUT2D eigenvalue weighted by Gasteiger charge is 2.25. The number of imidazole rings is 1. The number of pyridine rings is 1. The van der Waals surface area contributed by atoms with E-state index in [1.807, 2.05) is 59.3 Å². The van der Waals surface area contributed by atoms with Crippen molar-refractivity contribution >= 4 is 0 Å². The van der Waals surface area contributed by atoms with E-state index >= 15 is 0 Å². The topological polar surface area (TPSA) is 76.1 Å². The maximum Gasteiger partial charge on any atom is 0.235 e. The molecule has 0 amide bonds. The first kappa shape index (κ1) is 16.9. The van der Waals surface area contributed by atoms with Crippen molar-refractivity contribution in [1.29, 1.82) is 0 Å². The lowest BCUT2D eigenvalue weighted by molar-refractivity contribution is 0.368. The van der Waals surface area contributed by atoms with Gasteiger partial charge in [-0.3, -0.25) is 4.98 Å². The zero-order valence-corrected chi connectivity index (χ0v) is 14.7. The van der Waals surface area contributed by atoms with Gasteiger partial charge < -0.3 is 19.3 Å². The monoisotopic (exact) mass is 360 g/mol. The van der Waals surface area contributed by atoms with Crippen LogP contribution in [-0.2, 0) is 13.1 Å². The summed E-state index contributed by atoms with van der Waals surface area (Å²) in [4.78, 5) is 8.50. The summed E-state index contributed by atoms with van der Waals surface area (Å²) in [5.74, 6) is -0.260. The molecule has 0 aliphatic rings. The van der Waals surface area contributed by atoms with Gasteiger partial charge in [-0.05, 0) is 24.1 Å². The molecule has 3 aromatic heterocycles. The first-order chi connectivity index (χ1) is 13.3. The lowest BCUT2D eigenvalue weighted by Crippen LogP contribution is -2.05. The quantitative estimate of drug-likeness (QED) is 0.546. The van der Waals surface area contributed by atoms with Crippen LogP contribution in [0.5, 0.6) is 11.6 Å². The van der Waals surface area contributed by atoms with Crippen molar-refractivity contribution in [3.8, 4) is 34.1 Å². The lowest BCUT2D eigenvalue weighted by Gasteiger charge is -2.12. The predicted molar refractivity (Wildman–Crippen MR) is 103 cm³/mol. The second-order valence-electron chi connectivity index (χ2n) is 6.28. The molecular formula is C21H20N4O2. The highest BCUT2D eigenvalue weighted by Crippen LogP contribution is 2.46. The Morgan fingerprint density at radius 3 is 2.41 bits per heavy atom. The average molecular weight is 360 g/mol. The molecule has 0 aliphatic heterocycles. The predicted octanol–water partition coefficient (Wildman–Crippen LogP) is 3.92. The molecule has 0 atom stereocenters. The number of nitrogens with zero attached hydrogens (tertiary/aromatic N) is 4. The minimum Gasteiger partial charge on any atom is -0.503 e. The number of aryl methyl sites for hydroxylation is 1. The molecule has 3 heterocycles. The molecule has 0 spiro atoms. The Balaban J connectivity index is 1.78. The van der Waals surface area contributed by atoms with Crippen LogP contribution in [0.15, 0.2) is 73.4 Å². The van der Waals surface area contributed by atoms with E-state index in [9.17, 15) is 10.2 Å². The number of aromatic hydroxyl groups is 2. The number of benzene rings is 1. The van der Waals surface area contributed by atoms with Crippen LogP contribution in [0.4, 0.5) is 0 Å². The number of rotatable bonds is 6. The Bertz CT molecular complexity index is 1010. The molecule has 4 rings (SSSR count). The SMILES string of the molecule is Oc1c(-c2ccccc2)c(-c2ccccn2)n(CCCn2ccnc2)c1O. The standard InChI is InChI=1S/C21H20N4O2/c26-20-18(16-7-2-1-3-8-16)19(17-9-4-5-10-23-17)25(21(20)27)13-6-12-24-14-11-22-15-24/h1-5,7-11,14-15,26-27H,6,12-13H2. The molecule has 0 radical (unpaired) electrons. The summed E-state index contributed by atoms with van der Waals surface area (Å²) in [5, 5.41) is 21.3. The average Bonchev–Trinajstić information content (AvgIpc) is 3.31. The van der Waals surface area contributed by atoms with Gasteiger partial charge in [-0.15, -0.1) is 0 Å². The molecule has 1 aromatic carbocycles. The maximum atomic E-state index is 10.7. The second kappa shape index (κ2) is 7.37. The van der Waals surface area contributed by atoms with Gasteiger partial charge in [0.05, 0.1) is 23.3 Å². The van der Waals surface area contributed by atoms with Gasteiger partial charge in [0.15, 0.2) is 5.75 Å². The van der Waals surface area contributed by atoms with Crippen LogP contribution in [-0.4, -0.2) is 29.3 Å². The van der Waals surface area contributed by atoms with Gasteiger partial charge in [-0.1, -0.05) is 36.4 Å². The highest BCUT2D eigenvalue weighted by molar-refractivity contribution is 5.87. The summed E-state index contributed by atoms with van der Waals surface area (Å²) in [6, 6.07) is 15.2. The molecule has 27 heavy (non-hydrogen) atoms. The fourth-order valence-corrected chi connectivity index (χ4v) is 3.29. The zero-order valence-electron chi connectivity index (χ0n) is 14.7. The molecular weight excluding hydrogens is 340 g/mol. The number of hydrogen-bond acceptors (Lipinski definition) is 4. The summed E-state index contributed by atoms with van der Waals surface area (Å²) >= 11 is 0.